The topological polar surface area (TPSA) is 58.4 Å². The largest absolute Gasteiger partial charge is 0.351 e. The van der Waals surface area contributed by atoms with Gasteiger partial charge in [0.15, 0.2) is 0 Å². The summed E-state index contributed by atoms with van der Waals surface area (Å²) in [6, 6.07) is 10.3. The molecule has 20 heavy (non-hydrogen) atoms. The molecular weight excluding hydrogens is 250 g/mol. The van der Waals surface area contributed by atoms with Crippen LogP contribution in [-0.4, -0.2) is 36.0 Å². The summed E-state index contributed by atoms with van der Waals surface area (Å²) < 4.78 is 0. The lowest BCUT2D eigenvalue weighted by atomic mass is 10.0. The highest BCUT2D eigenvalue weighted by molar-refractivity contribution is 5.82. The molecular formula is C16H25N3O. The molecule has 1 heterocycles. The number of nitrogens with one attached hydrogen (secondary N) is 1. The number of hydrogen-bond donors (Lipinski definition) is 2. The van der Waals surface area contributed by atoms with Crippen molar-refractivity contribution in [2.45, 2.75) is 38.9 Å². The van der Waals surface area contributed by atoms with E-state index in [4.69, 9.17) is 5.73 Å². The van der Waals surface area contributed by atoms with E-state index in [0.29, 0.717) is 0 Å². The average Bonchev–Trinajstić information content (AvgIpc) is 2.86. The molecule has 0 spiro atoms. The Kier molecular flexibility index (Phi) is 5.15. The predicted molar refractivity (Wildman–Crippen MR) is 81.1 cm³/mol. The third-order valence-electron chi connectivity index (χ3n) is 3.89. The number of likely N-dealkylation sites (tertiary alicyclic amines) is 1. The molecule has 1 amide bonds. The Hall–Kier alpha value is -1.39. The van der Waals surface area contributed by atoms with Crippen molar-refractivity contribution in [3.05, 3.63) is 35.9 Å². The predicted octanol–water partition coefficient (Wildman–Crippen LogP) is 1.36. The zero-order valence-electron chi connectivity index (χ0n) is 12.4. The summed E-state index contributed by atoms with van der Waals surface area (Å²) in [7, 11) is 0. The van der Waals surface area contributed by atoms with Gasteiger partial charge in [0.05, 0.1) is 6.04 Å². The molecule has 1 aromatic carbocycles. The number of hydrogen-bond acceptors (Lipinski definition) is 3. The highest BCUT2D eigenvalue weighted by Gasteiger charge is 2.26. The van der Waals surface area contributed by atoms with Gasteiger partial charge in [-0.1, -0.05) is 44.2 Å². The third-order valence-corrected chi connectivity index (χ3v) is 3.89. The first-order chi connectivity index (χ1) is 9.56. The number of carbonyl (C=O) groups is 1. The molecule has 2 atom stereocenters. The van der Waals surface area contributed by atoms with Gasteiger partial charge in [-0.3, -0.25) is 9.69 Å². The van der Waals surface area contributed by atoms with Crippen LogP contribution in [0.1, 0.15) is 25.8 Å². The van der Waals surface area contributed by atoms with Gasteiger partial charge >= 0.3 is 0 Å². The van der Waals surface area contributed by atoms with Crippen molar-refractivity contribution < 1.29 is 4.79 Å². The SMILES string of the molecule is CC(C)[C@@H](N)C(=O)NC1CCN(Cc2ccccc2)C1. The van der Waals surface area contributed by atoms with Gasteiger partial charge in [-0.15, -0.1) is 0 Å². The second kappa shape index (κ2) is 6.86. The van der Waals surface area contributed by atoms with Gasteiger partial charge in [0.25, 0.3) is 0 Å². The van der Waals surface area contributed by atoms with Crippen molar-refractivity contribution in [3.8, 4) is 0 Å². The molecule has 1 aliphatic heterocycles. The van der Waals surface area contributed by atoms with Gasteiger partial charge in [-0.2, -0.15) is 0 Å². The van der Waals surface area contributed by atoms with Gasteiger partial charge in [-0.25, -0.2) is 0 Å². The fraction of sp³-hybridized carbons (Fsp3) is 0.562. The van der Waals surface area contributed by atoms with Crippen LogP contribution in [0, 0.1) is 5.92 Å². The van der Waals surface area contributed by atoms with E-state index in [1.54, 1.807) is 0 Å². The van der Waals surface area contributed by atoms with Crippen molar-refractivity contribution in [2.24, 2.45) is 11.7 Å². The second-order valence-corrected chi connectivity index (χ2v) is 5.98. The number of carbonyl (C=O) groups excluding carboxylic acids is 1. The Morgan fingerprint density at radius 1 is 1.40 bits per heavy atom. The van der Waals surface area contributed by atoms with Crippen LogP contribution < -0.4 is 11.1 Å². The van der Waals surface area contributed by atoms with Crippen LogP contribution in [0.3, 0.4) is 0 Å². The minimum atomic E-state index is -0.404. The molecule has 2 rings (SSSR count). The van der Waals surface area contributed by atoms with Gasteiger partial charge in [0.2, 0.25) is 5.91 Å². The van der Waals surface area contributed by atoms with Crippen LogP contribution in [0.25, 0.3) is 0 Å². The Labute approximate surface area is 121 Å². The standard InChI is InChI=1S/C16H25N3O/c1-12(2)15(17)16(20)18-14-8-9-19(11-14)10-13-6-4-3-5-7-13/h3-7,12,14-15H,8-11,17H2,1-2H3,(H,18,20)/t14?,15-/m1/s1. The van der Waals surface area contributed by atoms with Crippen molar-refractivity contribution in [1.29, 1.82) is 0 Å². The molecule has 0 saturated carbocycles. The second-order valence-electron chi connectivity index (χ2n) is 5.98. The number of nitrogens with two attached hydrogens (primary N) is 1. The van der Waals surface area contributed by atoms with Gasteiger partial charge in [0.1, 0.15) is 0 Å². The van der Waals surface area contributed by atoms with E-state index < -0.39 is 6.04 Å². The molecule has 110 valence electrons. The van der Waals surface area contributed by atoms with E-state index in [2.05, 4.69) is 34.5 Å². The Balaban J connectivity index is 1.79. The van der Waals surface area contributed by atoms with E-state index in [-0.39, 0.29) is 17.9 Å². The highest BCUT2D eigenvalue weighted by atomic mass is 16.2. The normalized spacial score (nSPS) is 21.1. The Morgan fingerprint density at radius 3 is 2.75 bits per heavy atom. The molecule has 1 unspecified atom stereocenters. The molecule has 1 aliphatic rings. The molecule has 0 aliphatic carbocycles. The Bertz CT molecular complexity index is 433. The maximum Gasteiger partial charge on any atom is 0.237 e. The molecule has 4 nitrogen and oxygen atoms in total. The molecule has 4 heteroatoms. The van der Waals surface area contributed by atoms with Crippen molar-refractivity contribution in [3.63, 3.8) is 0 Å². The van der Waals surface area contributed by atoms with Crippen LogP contribution in [0.5, 0.6) is 0 Å². The van der Waals surface area contributed by atoms with E-state index in [1.807, 2.05) is 19.9 Å². The zero-order valence-corrected chi connectivity index (χ0v) is 12.4. The summed E-state index contributed by atoms with van der Waals surface area (Å²) in [5.41, 5.74) is 7.19. The van der Waals surface area contributed by atoms with Crippen molar-refractivity contribution in [2.75, 3.05) is 13.1 Å². The lowest BCUT2D eigenvalue weighted by Crippen LogP contribution is -2.48. The molecule has 0 radical (unpaired) electrons. The lowest BCUT2D eigenvalue weighted by Gasteiger charge is -2.20. The maximum atomic E-state index is 12.0. The van der Waals surface area contributed by atoms with E-state index >= 15 is 0 Å². The highest BCUT2D eigenvalue weighted by Crippen LogP contribution is 2.13. The third kappa shape index (κ3) is 4.05. The molecule has 1 fully saturated rings. The summed E-state index contributed by atoms with van der Waals surface area (Å²) >= 11 is 0. The summed E-state index contributed by atoms with van der Waals surface area (Å²) in [5.74, 6) is 0.156. The van der Waals surface area contributed by atoms with Gasteiger partial charge < -0.3 is 11.1 Å². The van der Waals surface area contributed by atoms with E-state index in [9.17, 15) is 4.79 Å². The first-order valence-corrected chi connectivity index (χ1v) is 7.38. The molecule has 1 aromatic rings. The van der Waals surface area contributed by atoms with Crippen LogP contribution >= 0.6 is 0 Å². The summed E-state index contributed by atoms with van der Waals surface area (Å²) in [6.07, 6.45) is 1.00. The first kappa shape index (κ1) is 15.0. The summed E-state index contributed by atoms with van der Waals surface area (Å²) in [5, 5.41) is 3.07. The first-order valence-electron chi connectivity index (χ1n) is 7.38. The number of nitrogens with zero attached hydrogens (tertiary/aromatic N) is 1. The van der Waals surface area contributed by atoms with Crippen LogP contribution in [-0.2, 0) is 11.3 Å². The monoisotopic (exact) mass is 275 g/mol. The lowest BCUT2D eigenvalue weighted by molar-refractivity contribution is -0.123. The van der Waals surface area contributed by atoms with Crippen LogP contribution in [0.4, 0.5) is 0 Å². The van der Waals surface area contributed by atoms with Gasteiger partial charge in [-0.05, 0) is 17.9 Å². The van der Waals surface area contributed by atoms with E-state index in [1.165, 1.54) is 5.56 Å². The fourth-order valence-corrected chi connectivity index (χ4v) is 2.54. The molecule has 3 N–H and O–H groups in total. The number of amides is 1. The molecule has 0 bridgehead atoms. The maximum absolute atomic E-state index is 12.0. The van der Waals surface area contributed by atoms with Gasteiger partial charge in [0, 0.05) is 25.7 Å². The fourth-order valence-electron chi connectivity index (χ4n) is 2.54. The molecule has 0 aromatic heterocycles. The van der Waals surface area contributed by atoms with Crippen molar-refractivity contribution >= 4 is 5.91 Å². The summed E-state index contributed by atoms with van der Waals surface area (Å²) in [4.78, 5) is 14.3. The van der Waals surface area contributed by atoms with Crippen LogP contribution in [0.15, 0.2) is 30.3 Å². The number of rotatable bonds is 5. The molecule has 1 saturated heterocycles. The minimum absolute atomic E-state index is 0.0217. The van der Waals surface area contributed by atoms with Crippen LogP contribution in [0.2, 0.25) is 0 Å². The Morgan fingerprint density at radius 2 is 2.10 bits per heavy atom. The van der Waals surface area contributed by atoms with E-state index in [0.717, 1.165) is 26.1 Å². The minimum Gasteiger partial charge on any atom is -0.351 e. The smallest absolute Gasteiger partial charge is 0.237 e. The van der Waals surface area contributed by atoms with Crippen molar-refractivity contribution in [1.82, 2.24) is 10.2 Å². The summed E-state index contributed by atoms with van der Waals surface area (Å²) in [6.45, 7) is 6.83. The zero-order chi connectivity index (χ0) is 14.5. The quantitative estimate of drug-likeness (QED) is 0.853. The average molecular weight is 275 g/mol. The number of benzene rings is 1.